The van der Waals surface area contributed by atoms with Crippen LogP contribution in [-0.2, 0) is 11.8 Å². The zero-order valence-electron chi connectivity index (χ0n) is 31.1. The molecule has 4 rings (SSSR count). The van der Waals surface area contributed by atoms with Crippen molar-refractivity contribution >= 4 is 28.2 Å². The van der Waals surface area contributed by atoms with E-state index in [2.05, 4.69) is 48.2 Å². The van der Waals surface area contributed by atoms with Crippen molar-refractivity contribution in [2.45, 2.75) is 57.9 Å². The fraction of sp³-hybridized carbons (Fsp3) is 0.450. The summed E-state index contributed by atoms with van der Waals surface area (Å²) >= 11 is 5.94. The van der Waals surface area contributed by atoms with Gasteiger partial charge in [-0.3, -0.25) is 4.98 Å². The number of aromatic nitrogens is 1. The minimum atomic E-state index is -0.580. The standard InChI is InChI=1S/C27H38N2O4.C13H16ClN3/c1-20(2)27(19-28,22-10-12-24(31-5)26(18-22)33-7)14-8-15-29(3)16-13-21-9-11-23(30-4)25(17-21)32-6;1-13(2,15)8-17-11-5-6-16-12-7-9(14)3-4-10(11)12/h9-12,17-18,20H,8,13-16H2,1-7H3;3-7H,8,15H2,1-2H3,(H,16,17). The Morgan fingerprint density at radius 2 is 1.52 bits per heavy atom. The monoisotopic (exact) mass is 703 g/mol. The van der Waals surface area contributed by atoms with Crippen molar-refractivity contribution in [1.82, 2.24) is 9.88 Å². The van der Waals surface area contributed by atoms with Crippen LogP contribution >= 0.6 is 11.6 Å². The Balaban J connectivity index is 0.000000331. The molecule has 0 amide bonds. The molecule has 50 heavy (non-hydrogen) atoms. The molecule has 3 N–H and O–H groups in total. The number of halogens is 1. The predicted octanol–water partition coefficient (Wildman–Crippen LogP) is 8.13. The number of benzene rings is 3. The van der Waals surface area contributed by atoms with E-state index in [9.17, 15) is 5.26 Å². The number of nitriles is 1. The lowest BCUT2D eigenvalue weighted by molar-refractivity contribution is 0.292. The van der Waals surface area contributed by atoms with Crippen molar-refractivity contribution in [1.29, 1.82) is 5.26 Å². The van der Waals surface area contributed by atoms with E-state index in [-0.39, 0.29) is 11.5 Å². The minimum Gasteiger partial charge on any atom is -0.493 e. The van der Waals surface area contributed by atoms with E-state index >= 15 is 0 Å². The van der Waals surface area contributed by atoms with Crippen LogP contribution in [0.25, 0.3) is 10.9 Å². The van der Waals surface area contributed by atoms with E-state index in [0.717, 1.165) is 66.0 Å². The van der Waals surface area contributed by atoms with Gasteiger partial charge in [-0.25, -0.2) is 0 Å². The molecule has 1 heterocycles. The molecule has 0 spiro atoms. The quantitative estimate of drug-likeness (QED) is 0.119. The number of nitrogens with two attached hydrogens (primary N) is 1. The molecule has 0 bridgehead atoms. The summed E-state index contributed by atoms with van der Waals surface area (Å²) in [5.41, 5.74) is 9.23. The molecule has 0 radical (unpaired) electrons. The van der Waals surface area contributed by atoms with Crippen LogP contribution in [0.15, 0.2) is 66.9 Å². The van der Waals surface area contributed by atoms with Crippen molar-refractivity contribution in [2.24, 2.45) is 11.7 Å². The molecule has 3 aromatic carbocycles. The van der Waals surface area contributed by atoms with Crippen LogP contribution in [0.1, 0.15) is 51.7 Å². The number of nitrogens with one attached hydrogen (secondary N) is 1. The number of methoxy groups -OCH3 is 4. The maximum Gasteiger partial charge on any atom is 0.161 e. The highest BCUT2D eigenvalue weighted by Gasteiger charge is 2.36. The molecular formula is C40H54ClN5O4. The molecule has 0 fully saturated rings. The van der Waals surface area contributed by atoms with Crippen LogP contribution in [0.5, 0.6) is 23.0 Å². The molecule has 0 aliphatic rings. The number of nitrogens with zero attached hydrogens (tertiary/aromatic N) is 3. The first-order chi connectivity index (χ1) is 23.8. The Hall–Kier alpha value is -4.23. The third-order valence-corrected chi connectivity index (χ3v) is 9.10. The second-order valence-electron chi connectivity index (χ2n) is 13.5. The molecule has 4 aromatic rings. The Labute approximate surface area is 303 Å². The molecule has 10 heteroatoms. The number of rotatable bonds is 16. The topological polar surface area (TPSA) is 115 Å². The van der Waals surface area contributed by atoms with Gasteiger partial charge in [-0.15, -0.1) is 0 Å². The summed E-state index contributed by atoms with van der Waals surface area (Å²) in [5, 5.41) is 15.3. The zero-order valence-corrected chi connectivity index (χ0v) is 31.9. The van der Waals surface area contributed by atoms with Crippen molar-refractivity contribution in [2.75, 3.05) is 60.4 Å². The smallest absolute Gasteiger partial charge is 0.161 e. The largest absolute Gasteiger partial charge is 0.493 e. The first-order valence-electron chi connectivity index (χ1n) is 16.9. The van der Waals surface area contributed by atoms with Crippen LogP contribution in [0, 0.1) is 17.2 Å². The van der Waals surface area contributed by atoms with Gasteiger partial charge >= 0.3 is 0 Å². The van der Waals surface area contributed by atoms with E-state index in [0.29, 0.717) is 23.1 Å². The van der Waals surface area contributed by atoms with E-state index in [1.165, 1.54) is 5.56 Å². The summed E-state index contributed by atoms with van der Waals surface area (Å²) in [7, 11) is 8.67. The summed E-state index contributed by atoms with van der Waals surface area (Å²) in [6.45, 7) is 10.7. The van der Waals surface area contributed by atoms with Gasteiger partial charge in [0.25, 0.3) is 0 Å². The van der Waals surface area contributed by atoms with Crippen LogP contribution < -0.4 is 30.0 Å². The van der Waals surface area contributed by atoms with Crippen molar-refractivity contribution in [3.05, 3.63) is 83.0 Å². The molecule has 0 aliphatic heterocycles. The van der Waals surface area contributed by atoms with Gasteiger partial charge < -0.3 is 34.9 Å². The number of ether oxygens (including phenoxy) is 4. The van der Waals surface area contributed by atoms with Gasteiger partial charge in [-0.05, 0) is 112 Å². The first kappa shape index (κ1) is 40.2. The molecule has 1 atom stereocenters. The average Bonchev–Trinajstić information content (AvgIpc) is 3.10. The second kappa shape index (κ2) is 18.7. The molecule has 0 saturated heterocycles. The Morgan fingerprint density at radius 1 is 0.880 bits per heavy atom. The Morgan fingerprint density at radius 3 is 2.12 bits per heavy atom. The van der Waals surface area contributed by atoms with Gasteiger partial charge in [0.1, 0.15) is 0 Å². The summed E-state index contributed by atoms with van der Waals surface area (Å²) in [6.07, 6.45) is 4.38. The molecule has 9 nitrogen and oxygen atoms in total. The number of pyridine rings is 1. The number of likely N-dealkylation sites (N-methyl/N-ethyl adjacent to an activating group) is 1. The first-order valence-corrected chi connectivity index (χ1v) is 17.3. The fourth-order valence-electron chi connectivity index (χ4n) is 5.82. The SMILES string of the molecule is CC(C)(N)CNc1ccnc2cc(Cl)ccc12.COc1ccc(CCN(C)CCCC(C#N)(c2ccc(OC)c(OC)c2)C(C)C)cc1OC. The summed E-state index contributed by atoms with van der Waals surface area (Å²) in [6, 6.07) is 22.1. The molecule has 0 aliphatic carbocycles. The van der Waals surface area contributed by atoms with Crippen LogP contribution in [-0.4, -0.2) is 70.5 Å². The van der Waals surface area contributed by atoms with E-state index in [1.54, 1.807) is 34.6 Å². The lowest BCUT2D eigenvalue weighted by atomic mass is 9.69. The predicted molar refractivity (Wildman–Crippen MR) is 205 cm³/mol. The number of hydrogen-bond acceptors (Lipinski definition) is 9. The van der Waals surface area contributed by atoms with E-state index < -0.39 is 5.41 Å². The highest BCUT2D eigenvalue weighted by Crippen LogP contribution is 2.40. The third-order valence-electron chi connectivity index (χ3n) is 8.86. The number of anilines is 1. The lowest BCUT2D eigenvalue weighted by Gasteiger charge is -2.32. The molecular weight excluding hydrogens is 650 g/mol. The van der Waals surface area contributed by atoms with Crippen molar-refractivity contribution < 1.29 is 18.9 Å². The number of fused-ring (bicyclic) bond motifs is 1. The van der Waals surface area contributed by atoms with E-state index in [1.807, 2.05) is 68.4 Å². The Bertz CT molecular complexity index is 1720. The maximum atomic E-state index is 10.2. The molecule has 1 aromatic heterocycles. The minimum absolute atomic E-state index is 0.165. The van der Waals surface area contributed by atoms with E-state index in [4.69, 9.17) is 36.3 Å². The van der Waals surface area contributed by atoms with Crippen LogP contribution in [0.3, 0.4) is 0 Å². The number of hydrogen-bond donors (Lipinski definition) is 2. The van der Waals surface area contributed by atoms with Gasteiger partial charge in [0.2, 0.25) is 0 Å². The van der Waals surface area contributed by atoms with Gasteiger partial charge in [0.05, 0.1) is 45.4 Å². The van der Waals surface area contributed by atoms with Gasteiger partial charge in [0.15, 0.2) is 23.0 Å². The van der Waals surface area contributed by atoms with Crippen LogP contribution in [0.2, 0.25) is 5.02 Å². The third kappa shape index (κ3) is 10.9. The average molecular weight is 704 g/mol. The maximum absolute atomic E-state index is 10.2. The van der Waals surface area contributed by atoms with Crippen LogP contribution in [0.4, 0.5) is 5.69 Å². The summed E-state index contributed by atoms with van der Waals surface area (Å²) in [5.74, 6) is 2.99. The Kier molecular flexibility index (Phi) is 15.0. The van der Waals surface area contributed by atoms with Gasteiger partial charge in [-0.2, -0.15) is 5.26 Å². The summed E-state index contributed by atoms with van der Waals surface area (Å²) < 4.78 is 21.6. The van der Waals surface area contributed by atoms with Gasteiger partial charge in [-0.1, -0.05) is 37.6 Å². The normalized spacial score (nSPS) is 12.5. The molecule has 270 valence electrons. The zero-order chi connectivity index (χ0) is 36.9. The summed E-state index contributed by atoms with van der Waals surface area (Å²) in [4.78, 5) is 6.60. The van der Waals surface area contributed by atoms with Gasteiger partial charge in [0, 0.05) is 40.9 Å². The van der Waals surface area contributed by atoms with Crippen molar-refractivity contribution in [3.8, 4) is 29.1 Å². The lowest BCUT2D eigenvalue weighted by Crippen LogP contribution is -2.39. The molecule has 0 saturated carbocycles. The second-order valence-corrected chi connectivity index (χ2v) is 14.0. The highest BCUT2D eigenvalue weighted by atomic mass is 35.5. The molecule has 1 unspecified atom stereocenters. The highest BCUT2D eigenvalue weighted by molar-refractivity contribution is 6.31. The van der Waals surface area contributed by atoms with Crippen molar-refractivity contribution in [3.63, 3.8) is 0 Å². The fourth-order valence-corrected chi connectivity index (χ4v) is 5.99.